The molecule has 0 aliphatic heterocycles. The van der Waals surface area contributed by atoms with Gasteiger partial charge in [-0.1, -0.05) is 30.3 Å². The minimum Gasteiger partial charge on any atom is -0.464 e. The van der Waals surface area contributed by atoms with E-state index in [1.54, 1.807) is 27.8 Å². The monoisotopic (exact) mass is 466 g/mol. The summed E-state index contributed by atoms with van der Waals surface area (Å²) in [5.41, 5.74) is 2.48. The molecule has 9 heteroatoms. The molecule has 1 aromatic carbocycles. The first-order valence-electron chi connectivity index (χ1n) is 11.2. The number of benzene rings is 1. The number of aryl methyl sites for hydroxylation is 3. The second-order valence-corrected chi connectivity index (χ2v) is 8.27. The normalized spacial score (nSPS) is 11.9. The van der Waals surface area contributed by atoms with Crippen molar-refractivity contribution in [2.24, 2.45) is 14.1 Å². The second-order valence-electron chi connectivity index (χ2n) is 8.27. The Morgan fingerprint density at radius 1 is 1.09 bits per heavy atom. The number of pyridine rings is 1. The summed E-state index contributed by atoms with van der Waals surface area (Å²) in [6.45, 7) is 5.53. The van der Waals surface area contributed by atoms with Gasteiger partial charge in [-0.05, 0) is 43.9 Å². The topological polar surface area (TPSA) is 112 Å². The Kier molecular flexibility index (Phi) is 7.65. The van der Waals surface area contributed by atoms with Gasteiger partial charge in [0.15, 0.2) is 0 Å². The molecule has 3 aromatic rings. The number of carbonyl (C=O) groups excluding carboxylic acids is 2. The number of amides is 1. The minimum atomic E-state index is -0.798. The van der Waals surface area contributed by atoms with E-state index in [0.29, 0.717) is 35.1 Å². The van der Waals surface area contributed by atoms with E-state index in [-0.39, 0.29) is 18.9 Å². The van der Waals surface area contributed by atoms with Crippen molar-refractivity contribution in [3.05, 3.63) is 73.6 Å². The average Bonchev–Trinajstić information content (AvgIpc) is 2.81. The molecule has 0 saturated carbocycles. The summed E-state index contributed by atoms with van der Waals surface area (Å²) in [6, 6.07) is 8.61. The zero-order valence-corrected chi connectivity index (χ0v) is 20.2. The summed E-state index contributed by atoms with van der Waals surface area (Å²) in [6.07, 6.45) is 0.760. The molecule has 0 aliphatic rings. The Labute approximate surface area is 197 Å². The Morgan fingerprint density at radius 3 is 2.41 bits per heavy atom. The van der Waals surface area contributed by atoms with E-state index in [1.807, 2.05) is 30.3 Å². The summed E-state index contributed by atoms with van der Waals surface area (Å²) in [4.78, 5) is 54.7. The fourth-order valence-electron chi connectivity index (χ4n) is 4.10. The molecular weight excluding hydrogens is 436 g/mol. The summed E-state index contributed by atoms with van der Waals surface area (Å²) < 4.78 is 7.54. The molecule has 34 heavy (non-hydrogen) atoms. The van der Waals surface area contributed by atoms with Gasteiger partial charge in [0, 0.05) is 32.6 Å². The SMILES string of the molecule is CCOC(=O)[C@H](Cc1ccccc1)NC(=O)CCc1c(C)nc2c(c1C)c(=O)n(C)c(=O)n2C. The van der Waals surface area contributed by atoms with Crippen LogP contribution in [0, 0.1) is 13.8 Å². The number of aromatic nitrogens is 3. The van der Waals surface area contributed by atoms with Crippen molar-refractivity contribution in [3.63, 3.8) is 0 Å². The fourth-order valence-corrected chi connectivity index (χ4v) is 4.10. The maximum Gasteiger partial charge on any atom is 0.332 e. The average molecular weight is 467 g/mol. The highest BCUT2D eigenvalue weighted by Gasteiger charge is 2.23. The lowest BCUT2D eigenvalue weighted by atomic mass is 9.99. The third kappa shape index (κ3) is 5.08. The smallest absolute Gasteiger partial charge is 0.332 e. The molecule has 0 fully saturated rings. The Morgan fingerprint density at radius 2 is 1.76 bits per heavy atom. The molecule has 9 nitrogen and oxygen atoms in total. The number of rotatable bonds is 8. The van der Waals surface area contributed by atoms with Crippen LogP contribution in [0.1, 0.15) is 35.7 Å². The van der Waals surface area contributed by atoms with E-state index >= 15 is 0 Å². The fraction of sp³-hybridized carbons (Fsp3) is 0.400. The lowest BCUT2D eigenvalue weighted by Gasteiger charge is -2.18. The first kappa shape index (κ1) is 24.9. The lowest BCUT2D eigenvalue weighted by Crippen LogP contribution is -2.43. The highest BCUT2D eigenvalue weighted by molar-refractivity contribution is 5.85. The van der Waals surface area contributed by atoms with Crippen LogP contribution < -0.4 is 16.6 Å². The van der Waals surface area contributed by atoms with Crippen LogP contribution >= 0.6 is 0 Å². The van der Waals surface area contributed by atoms with Crippen LogP contribution in [0.15, 0.2) is 39.9 Å². The highest BCUT2D eigenvalue weighted by Crippen LogP contribution is 2.20. The molecule has 0 saturated heterocycles. The molecule has 0 spiro atoms. The van der Waals surface area contributed by atoms with E-state index in [2.05, 4.69) is 10.3 Å². The van der Waals surface area contributed by atoms with Crippen LogP contribution in [0.2, 0.25) is 0 Å². The van der Waals surface area contributed by atoms with Gasteiger partial charge in [0.1, 0.15) is 11.7 Å². The standard InChI is InChI=1S/C25H30N4O5/c1-6-34-24(32)19(14-17-10-8-7-9-11-17)27-20(30)13-12-18-15(2)21-22(26-16(18)3)28(4)25(33)29(5)23(21)31/h7-11,19H,6,12-14H2,1-5H3,(H,27,30)/t19-/m0/s1. The largest absolute Gasteiger partial charge is 0.464 e. The Bertz CT molecular complexity index is 1340. The number of hydrogen-bond acceptors (Lipinski definition) is 6. The number of ether oxygens (including phenoxy) is 1. The van der Waals surface area contributed by atoms with Crippen molar-refractivity contribution < 1.29 is 14.3 Å². The molecule has 180 valence electrons. The molecule has 0 aliphatic carbocycles. The van der Waals surface area contributed by atoms with Crippen molar-refractivity contribution in [3.8, 4) is 0 Å². The predicted octanol–water partition coefficient (Wildman–Crippen LogP) is 1.47. The van der Waals surface area contributed by atoms with E-state index in [1.165, 1.54) is 11.6 Å². The summed E-state index contributed by atoms with van der Waals surface area (Å²) in [5, 5.41) is 3.15. The van der Waals surface area contributed by atoms with Crippen molar-refractivity contribution in [2.45, 2.75) is 46.1 Å². The molecule has 3 rings (SSSR count). The molecule has 1 amide bonds. The molecule has 2 heterocycles. The summed E-state index contributed by atoms with van der Waals surface area (Å²) in [5.74, 6) is -0.787. The Hall–Kier alpha value is -3.75. The van der Waals surface area contributed by atoms with E-state index < -0.39 is 23.3 Å². The molecule has 0 unspecified atom stereocenters. The second kappa shape index (κ2) is 10.5. The summed E-state index contributed by atoms with van der Waals surface area (Å²) in [7, 11) is 3.00. The van der Waals surface area contributed by atoms with Crippen molar-refractivity contribution in [1.82, 2.24) is 19.4 Å². The number of nitrogens with one attached hydrogen (secondary N) is 1. The van der Waals surface area contributed by atoms with Crippen LogP contribution in [0.25, 0.3) is 11.0 Å². The van der Waals surface area contributed by atoms with Gasteiger partial charge in [0.2, 0.25) is 5.91 Å². The van der Waals surface area contributed by atoms with Crippen LogP contribution in [0.5, 0.6) is 0 Å². The van der Waals surface area contributed by atoms with Crippen molar-refractivity contribution in [2.75, 3.05) is 6.61 Å². The number of esters is 1. The lowest BCUT2D eigenvalue weighted by molar-refractivity contribution is -0.147. The molecule has 0 bridgehead atoms. The van der Waals surface area contributed by atoms with Crippen LogP contribution in [0.3, 0.4) is 0 Å². The zero-order valence-electron chi connectivity index (χ0n) is 20.2. The minimum absolute atomic E-state index is 0.103. The van der Waals surface area contributed by atoms with Gasteiger partial charge in [-0.25, -0.2) is 14.6 Å². The number of fused-ring (bicyclic) bond motifs is 1. The predicted molar refractivity (Wildman–Crippen MR) is 129 cm³/mol. The van der Waals surface area contributed by atoms with Gasteiger partial charge in [0.05, 0.1) is 12.0 Å². The van der Waals surface area contributed by atoms with Gasteiger partial charge in [0.25, 0.3) is 5.56 Å². The molecular formula is C25H30N4O5. The number of carbonyl (C=O) groups is 2. The maximum absolute atomic E-state index is 12.8. The quantitative estimate of drug-likeness (QED) is 0.503. The van der Waals surface area contributed by atoms with E-state index in [4.69, 9.17) is 4.74 Å². The third-order valence-corrected chi connectivity index (χ3v) is 5.96. The van der Waals surface area contributed by atoms with Crippen molar-refractivity contribution in [1.29, 1.82) is 0 Å². The summed E-state index contributed by atoms with van der Waals surface area (Å²) >= 11 is 0. The first-order valence-corrected chi connectivity index (χ1v) is 11.2. The van der Waals surface area contributed by atoms with Crippen LogP contribution in [0.4, 0.5) is 0 Å². The van der Waals surface area contributed by atoms with Gasteiger partial charge >= 0.3 is 11.7 Å². The first-order chi connectivity index (χ1) is 16.1. The van der Waals surface area contributed by atoms with Gasteiger partial charge < -0.3 is 10.1 Å². The molecule has 1 N–H and O–H groups in total. The van der Waals surface area contributed by atoms with Crippen LogP contribution in [-0.2, 0) is 41.3 Å². The van der Waals surface area contributed by atoms with Crippen LogP contribution in [-0.4, -0.2) is 38.6 Å². The zero-order chi connectivity index (χ0) is 25.0. The maximum atomic E-state index is 12.8. The number of nitrogens with zero attached hydrogens (tertiary/aromatic N) is 3. The van der Waals surface area contributed by atoms with Gasteiger partial charge in [-0.15, -0.1) is 0 Å². The molecule has 0 radical (unpaired) electrons. The van der Waals surface area contributed by atoms with E-state index in [0.717, 1.165) is 15.7 Å². The van der Waals surface area contributed by atoms with E-state index in [9.17, 15) is 19.2 Å². The van der Waals surface area contributed by atoms with Gasteiger partial charge in [-0.3, -0.25) is 18.7 Å². The van der Waals surface area contributed by atoms with Gasteiger partial charge in [-0.2, -0.15) is 0 Å². The highest BCUT2D eigenvalue weighted by atomic mass is 16.5. The number of hydrogen-bond donors (Lipinski definition) is 1. The molecule has 2 aromatic heterocycles. The molecule has 1 atom stereocenters. The Balaban J connectivity index is 1.82. The van der Waals surface area contributed by atoms with Crippen molar-refractivity contribution >= 4 is 22.9 Å². The third-order valence-electron chi connectivity index (χ3n) is 5.96.